The number of hydrogen-bond donors (Lipinski definition) is 0. The number of benzene rings is 1. The lowest BCUT2D eigenvalue weighted by molar-refractivity contribution is -0.178. The number of Topliss-reactive ketones (excluding diaryl/α,β-unsaturated/α-hetero) is 1. The van der Waals surface area contributed by atoms with E-state index in [2.05, 4.69) is 31.2 Å². The summed E-state index contributed by atoms with van der Waals surface area (Å²) in [5.41, 5.74) is 1.95. The third-order valence-electron chi connectivity index (χ3n) is 5.17. The summed E-state index contributed by atoms with van der Waals surface area (Å²) in [6.45, 7) is 2.08. The predicted molar refractivity (Wildman–Crippen MR) is 84.5 cm³/mol. The number of esters is 1. The van der Waals surface area contributed by atoms with Gasteiger partial charge in [-0.2, -0.15) is 0 Å². The van der Waals surface area contributed by atoms with Crippen molar-refractivity contribution in [3.63, 3.8) is 0 Å². The van der Waals surface area contributed by atoms with Gasteiger partial charge in [0.05, 0.1) is 0 Å². The first-order valence-corrected chi connectivity index (χ1v) is 8.36. The highest BCUT2D eigenvalue weighted by Crippen LogP contribution is 2.43. The smallest absolute Gasteiger partial charge is 0.313 e. The second-order valence-corrected chi connectivity index (χ2v) is 6.90. The standard InChI is InChI=1S/C19H24O3/c1-14-5-4-6-15(11-14)9-10-19(16-7-2-3-8-16)13-17(20)12-18(21)22-19/h4-6,11,16H,2-3,7-10,12-13H2,1H3. The third kappa shape index (κ3) is 3.23. The summed E-state index contributed by atoms with van der Waals surface area (Å²) in [6.07, 6.45) is 6.51. The molecule has 0 amide bonds. The van der Waals surface area contributed by atoms with Gasteiger partial charge >= 0.3 is 5.97 Å². The summed E-state index contributed by atoms with van der Waals surface area (Å²) in [6, 6.07) is 8.43. The number of ketones is 1. The van der Waals surface area contributed by atoms with Crippen LogP contribution in [0.5, 0.6) is 0 Å². The molecular weight excluding hydrogens is 276 g/mol. The van der Waals surface area contributed by atoms with Crippen molar-refractivity contribution in [1.82, 2.24) is 0 Å². The molecule has 22 heavy (non-hydrogen) atoms. The van der Waals surface area contributed by atoms with Crippen LogP contribution < -0.4 is 0 Å². The van der Waals surface area contributed by atoms with Gasteiger partial charge in [0.1, 0.15) is 17.8 Å². The molecule has 0 N–H and O–H groups in total. The van der Waals surface area contributed by atoms with Gasteiger partial charge in [0.15, 0.2) is 0 Å². The van der Waals surface area contributed by atoms with E-state index in [-0.39, 0.29) is 18.2 Å². The van der Waals surface area contributed by atoms with Gasteiger partial charge in [-0.3, -0.25) is 9.59 Å². The van der Waals surface area contributed by atoms with E-state index in [1.165, 1.54) is 24.0 Å². The van der Waals surface area contributed by atoms with Crippen LogP contribution in [-0.4, -0.2) is 17.4 Å². The maximum absolute atomic E-state index is 12.0. The lowest BCUT2D eigenvalue weighted by atomic mass is 9.76. The van der Waals surface area contributed by atoms with Gasteiger partial charge in [0, 0.05) is 6.42 Å². The normalized spacial score (nSPS) is 26.2. The fraction of sp³-hybridized carbons (Fsp3) is 0.579. The maximum Gasteiger partial charge on any atom is 0.313 e. The number of hydrogen-bond acceptors (Lipinski definition) is 3. The first-order valence-electron chi connectivity index (χ1n) is 8.36. The molecule has 1 aromatic carbocycles. The van der Waals surface area contributed by atoms with Gasteiger partial charge in [-0.1, -0.05) is 42.7 Å². The van der Waals surface area contributed by atoms with Crippen molar-refractivity contribution >= 4 is 11.8 Å². The van der Waals surface area contributed by atoms with Gasteiger partial charge in [-0.05, 0) is 44.1 Å². The molecule has 3 rings (SSSR count). The van der Waals surface area contributed by atoms with Crippen LogP contribution in [0.15, 0.2) is 24.3 Å². The van der Waals surface area contributed by atoms with E-state index in [4.69, 9.17) is 4.74 Å². The van der Waals surface area contributed by atoms with Crippen molar-refractivity contribution in [1.29, 1.82) is 0 Å². The summed E-state index contributed by atoms with van der Waals surface area (Å²) in [5.74, 6) is 0.0743. The van der Waals surface area contributed by atoms with E-state index >= 15 is 0 Å². The van der Waals surface area contributed by atoms with Gasteiger partial charge < -0.3 is 4.74 Å². The molecule has 2 aliphatic rings. The molecule has 3 nitrogen and oxygen atoms in total. The molecule has 1 heterocycles. The zero-order valence-corrected chi connectivity index (χ0v) is 13.3. The van der Waals surface area contributed by atoms with Crippen molar-refractivity contribution in [2.45, 2.75) is 63.9 Å². The molecule has 3 heteroatoms. The van der Waals surface area contributed by atoms with Crippen molar-refractivity contribution in [2.75, 3.05) is 0 Å². The minimum Gasteiger partial charge on any atom is -0.458 e. The predicted octanol–water partition coefficient (Wildman–Crippen LogP) is 3.76. The minimum atomic E-state index is -0.549. The summed E-state index contributed by atoms with van der Waals surface area (Å²) in [7, 11) is 0. The third-order valence-corrected chi connectivity index (χ3v) is 5.17. The van der Waals surface area contributed by atoms with Crippen LogP contribution in [0.4, 0.5) is 0 Å². The van der Waals surface area contributed by atoms with E-state index in [1.54, 1.807) is 0 Å². The Kier molecular flexibility index (Phi) is 4.32. The largest absolute Gasteiger partial charge is 0.458 e. The molecule has 0 bridgehead atoms. The van der Waals surface area contributed by atoms with E-state index in [0.717, 1.165) is 25.7 Å². The number of cyclic esters (lactones) is 1. The van der Waals surface area contributed by atoms with Crippen LogP contribution in [0.1, 0.15) is 56.1 Å². The molecule has 1 aliphatic heterocycles. The second-order valence-electron chi connectivity index (χ2n) is 6.90. The van der Waals surface area contributed by atoms with Crippen LogP contribution in [0, 0.1) is 12.8 Å². The van der Waals surface area contributed by atoms with E-state index in [1.807, 2.05) is 0 Å². The highest BCUT2D eigenvalue weighted by atomic mass is 16.6. The molecule has 0 aromatic heterocycles. The second kappa shape index (κ2) is 6.23. The van der Waals surface area contributed by atoms with Gasteiger partial charge in [0.2, 0.25) is 0 Å². The first-order chi connectivity index (χ1) is 10.6. The number of aryl methyl sites for hydroxylation is 2. The molecule has 1 saturated heterocycles. The van der Waals surface area contributed by atoms with Crippen molar-refractivity contribution in [3.05, 3.63) is 35.4 Å². The van der Waals surface area contributed by atoms with Gasteiger partial charge in [-0.25, -0.2) is 0 Å². The molecule has 1 unspecified atom stereocenters. The van der Waals surface area contributed by atoms with Gasteiger partial charge in [-0.15, -0.1) is 0 Å². The molecule has 0 spiro atoms. The zero-order chi connectivity index (χ0) is 15.6. The van der Waals surface area contributed by atoms with Crippen molar-refractivity contribution in [2.24, 2.45) is 5.92 Å². The number of carbonyl (C=O) groups excluding carboxylic acids is 2. The zero-order valence-electron chi connectivity index (χ0n) is 13.3. The first kappa shape index (κ1) is 15.3. The average Bonchev–Trinajstić information content (AvgIpc) is 2.99. The molecule has 2 fully saturated rings. The molecular formula is C19H24O3. The topological polar surface area (TPSA) is 43.4 Å². The van der Waals surface area contributed by atoms with E-state index in [0.29, 0.717) is 12.3 Å². The van der Waals surface area contributed by atoms with E-state index in [9.17, 15) is 9.59 Å². The Hall–Kier alpha value is -1.64. The SMILES string of the molecule is Cc1cccc(CCC2(C3CCCC3)CC(=O)CC(=O)O2)c1. The molecule has 1 aliphatic carbocycles. The van der Waals surface area contributed by atoms with Crippen LogP contribution in [0.25, 0.3) is 0 Å². The van der Waals surface area contributed by atoms with E-state index < -0.39 is 5.60 Å². The lowest BCUT2D eigenvalue weighted by Crippen LogP contribution is -2.48. The van der Waals surface area contributed by atoms with Gasteiger partial charge in [0.25, 0.3) is 0 Å². The van der Waals surface area contributed by atoms with Crippen LogP contribution in [0.2, 0.25) is 0 Å². The Bertz CT molecular complexity index is 554. The molecule has 1 atom stereocenters. The Morgan fingerprint density at radius 3 is 2.68 bits per heavy atom. The number of ether oxygens (including phenoxy) is 1. The molecule has 1 saturated carbocycles. The summed E-state index contributed by atoms with van der Waals surface area (Å²) in [4.78, 5) is 23.9. The van der Waals surface area contributed by atoms with Crippen LogP contribution >= 0.6 is 0 Å². The lowest BCUT2D eigenvalue weighted by Gasteiger charge is -2.41. The van der Waals surface area contributed by atoms with Crippen LogP contribution in [0.3, 0.4) is 0 Å². The Balaban J connectivity index is 1.79. The molecule has 118 valence electrons. The van der Waals surface area contributed by atoms with Crippen molar-refractivity contribution < 1.29 is 14.3 Å². The monoisotopic (exact) mass is 300 g/mol. The molecule has 1 aromatic rings. The number of rotatable bonds is 4. The highest BCUT2D eigenvalue weighted by Gasteiger charge is 2.47. The summed E-state index contributed by atoms with van der Waals surface area (Å²) in [5, 5.41) is 0. The Labute approximate surface area is 132 Å². The minimum absolute atomic E-state index is 0.0427. The summed E-state index contributed by atoms with van der Waals surface area (Å²) >= 11 is 0. The number of carbonyl (C=O) groups is 2. The van der Waals surface area contributed by atoms with Crippen LogP contribution in [-0.2, 0) is 20.7 Å². The van der Waals surface area contributed by atoms with Crippen molar-refractivity contribution in [3.8, 4) is 0 Å². The fourth-order valence-corrected chi connectivity index (χ4v) is 4.10. The highest BCUT2D eigenvalue weighted by molar-refractivity contribution is 5.98. The maximum atomic E-state index is 12.0. The quantitative estimate of drug-likeness (QED) is 0.628. The Morgan fingerprint density at radius 1 is 1.23 bits per heavy atom. The summed E-state index contributed by atoms with van der Waals surface area (Å²) < 4.78 is 5.82. The fourth-order valence-electron chi connectivity index (χ4n) is 4.10. The molecule has 0 radical (unpaired) electrons. The average molecular weight is 300 g/mol. The Morgan fingerprint density at radius 2 is 2.00 bits per heavy atom.